The van der Waals surface area contributed by atoms with Crippen LogP contribution < -0.4 is 5.56 Å². The Labute approximate surface area is 114 Å². The van der Waals surface area contributed by atoms with E-state index in [0.717, 1.165) is 38.2 Å². The molecule has 1 saturated heterocycles. The molecular weight excluding hydrogens is 242 g/mol. The van der Waals surface area contributed by atoms with Gasteiger partial charge in [-0.3, -0.25) is 9.69 Å². The molecule has 1 N–H and O–H groups in total. The zero-order valence-electron chi connectivity index (χ0n) is 12.0. The van der Waals surface area contributed by atoms with E-state index in [1.54, 1.807) is 0 Å². The Bertz CT molecular complexity index is 482. The van der Waals surface area contributed by atoms with Gasteiger partial charge in [0.15, 0.2) is 0 Å². The highest BCUT2D eigenvalue weighted by Crippen LogP contribution is 2.19. The number of ether oxygens (including phenoxy) is 1. The number of nitrogens with one attached hydrogen (secondary N) is 1. The number of aryl methyl sites for hydroxylation is 1. The molecule has 1 aliphatic rings. The summed E-state index contributed by atoms with van der Waals surface area (Å²) in [4.78, 5) is 21.7. The van der Waals surface area contributed by atoms with E-state index >= 15 is 0 Å². The van der Waals surface area contributed by atoms with Gasteiger partial charge in [0, 0.05) is 18.7 Å². The second-order valence-electron chi connectivity index (χ2n) is 5.04. The Kier molecular flexibility index (Phi) is 4.71. The molecule has 1 aromatic heterocycles. The van der Waals surface area contributed by atoms with E-state index in [1.165, 1.54) is 0 Å². The van der Waals surface area contributed by atoms with Crippen LogP contribution in [0.2, 0.25) is 0 Å². The summed E-state index contributed by atoms with van der Waals surface area (Å²) in [5.74, 6) is 0.674. The van der Waals surface area contributed by atoms with Gasteiger partial charge in [-0.1, -0.05) is 13.8 Å². The highest BCUT2D eigenvalue weighted by atomic mass is 16.5. The molecule has 19 heavy (non-hydrogen) atoms. The van der Waals surface area contributed by atoms with Crippen LogP contribution in [0.1, 0.15) is 43.5 Å². The van der Waals surface area contributed by atoms with Gasteiger partial charge in [-0.25, -0.2) is 4.98 Å². The van der Waals surface area contributed by atoms with Crippen molar-refractivity contribution in [2.24, 2.45) is 0 Å². The van der Waals surface area contributed by atoms with E-state index in [1.807, 2.05) is 13.8 Å². The van der Waals surface area contributed by atoms with Crippen LogP contribution >= 0.6 is 0 Å². The van der Waals surface area contributed by atoms with Gasteiger partial charge in [0.1, 0.15) is 11.9 Å². The number of rotatable bonds is 4. The standard InChI is InChI=1S/C14H23N3O2/c1-4-6-17-7-8-19-12(9-17)13-15-11(5-2)10(3)14(18)16-13/h12H,4-9H2,1-3H3,(H,15,16,18). The van der Waals surface area contributed by atoms with Crippen molar-refractivity contribution in [3.05, 3.63) is 27.4 Å². The van der Waals surface area contributed by atoms with Gasteiger partial charge < -0.3 is 9.72 Å². The van der Waals surface area contributed by atoms with Crippen LogP contribution in [-0.4, -0.2) is 41.1 Å². The zero-order valence-corrected chi connectivity index (χ0v) is 12.0. The minimum absolute atomic E-state index is 0.0435. The molecule has 1 unspecified atom stereocenters. The van der Waals surface area contributed by atoms with Gasteiger partial charge in [-0.15, -0.1) is 0 Å². The highest BCUT2D eigenvalue weighted by Gasteiger charge is 2.24. The molecule has 0 radical (unpaired) electrons. The molecule has 0 spiro atoms. The maximum Gasteiger partial charge on any atom is 0.254 e. The molecule has 1 atom stereocenters. The topological polar surface area (TPSA) is 58.2 Å². The van der Waals surface area contributed by atoms with E-state index in [0.29, 0.717) is 18.0 Å². The molecule has 1 aliphatic heterocycles. The smallest absolute Gasteiger partial charge is 0.254 e. The fourth-order valence-electron chi connectivity index (χ4n) is 2.48. The summed E-state index contributed by atoms with van der Waals surface area (Å²) in [6.45, 7) is 9.54. The number of hydrogen-bond donors (Lipinski definition) is 1. The summed E-state index contributed by atoms with van der Waals surface area (Å²) in [6, 6.07) is 0. The van der Waals surface area contributed by atoms with E-state index in [2.05, 4.69) is 21.8 Å². The van der Waals surface area contributed by atoms with E-state index in [4.69, 9.17) is 4.74 Å². The maximum absolute atomic E-state index is 11.9. The molecule has 1 aromatic rings. The largest absolute Gasteiger partial charge is 0.368 e. The average molecular weight is 265 g/mol. The number of nitrogens with zero attached hydrogens (tertiary/aromatic N) is 2. The summed E-state index contributed by atoms with van der Waals surface area (Å²) < 4.78 is 5.76. The Balaban J connectivity index is 2.21. The molecule has 0 bridgehead atoms. The molecule has 0 aliphatic carbocycles. The van der Waals surface area contributed by atoms with E-state index < -0.39 is 0 Å². The second kappa shape index (κ2) is 6.30. The maximum atomic E-state index is 11.9. The number of hydrogen-bond acceptors (Lipinski definition) is 4. The Hall–Kier alpha value is -1.20. The highest BCUT2D eigenvalue weighted by molar-refractivity contribution is 5.16. The van der Waals surface area contributed by atoms with Gasteiger partial charge in [-0.05, 0) is 26.3 Å². The molecular formula is C14H23N3O2. The Morgan fingerprint density at radius 3 is 2.95 bits per heavy atom. The predicted molar refractivity (Wildman–Crippen MR) is 74.4 cm³/mol. The van der Waals surface area contributed by atoms with Crippen molar-refractivity contribution in [2.75, 3.05) is 26.2 Å². The molecule has 5 heteroatoms. The molecule has 5 nitrogen and oxygen atoms in total. The molecule has 2 heterocycles. The van der Waals surface area contributed by atoms with Gasteiger partial charge >= 0.3 is 0 Å². The first-order valence-corrected chi connectivity index (χ1v) is 7.09. The molecule has 0 amide bonds. The third-order valence-corrected chi connectivity index (χ3v) is 3.60. The molecule has 0 aromatic carbocycles. The third kappa shape index (κ3) is 3.22. The summed E-state index contributed by atoms with van der Waals surface area (Å²) in [7, 11) is 0. The van der Waals surface area contributed by atoms with Gasteiger partial charge in [0.2, 0.25) is 0 Å². The van der Waals surface area contributed by atoms with Crippen molar-refractivity contribution in [3.8, 4) is 0 Å². The average Bonchev–Trinajstić information content (AvgIpc) is 2.42. The summed E-state index contributed by atoms with van der Waals surface area (Å²) in [5.41, 5.74) is 1.54. The molecule has 2 rings (SSSR count). The van der Waals surface area contributed by atoms with E-state index in [9.17, 15) is 4.79 Å². The summed E-state index contributed by atoms with van der Waals surface area (Å²) >= 11 is 0. The lowest BCUT2D eigenvalue weighted by atomic mass is 10.2. The first-order valence-electron chi connectivity index (χ1n) is 7.09. The Morgan fingerprint density at radius 1 is 1.47 bits per heavy atom. The lowest BCUT2D eigenvalue weighted by Crippen LogP contribution is -2.40. The lowest BCUT2D eigenvalue weighted by molar-refractivity contribution is -0.0344. The van der Waals surface area contributed by atoms with Crippen LogP contribution in [0.5, 0.6) is 0 Å². The SMILES string of the molecule is CCCN1CCOC(c2nc(CC)c(C)c(=O)[nH]2)C1. The number of aromatic amines is 1. The van der Waals surface area contributed by atoms with Gasteiger partial charge in [0.05, 0.1) is 12.3 Å². The summed E-state index contributed by atoms with van der Waals surface area (Å²) in [6.07, 6.45) is 1.79. The van der Waals surface area contributed by atoms with Crippen LogP contribution in [0.4, 0.5) is 0 Å². The second-order valence-corrected chi connectivity index (χ2v) is 5.04. The van der Waals surface area contributed by atoms with E-state index in [-0.39, 0.29) is 11.7 Å². The lowest BCUT2D eigenvalue weighted by Gasteiger charge is -2.32. The van der Waals surface area contributed by atoms with Crippen molar-refractivity contribution in [3.63, 3.8) is 0 Å². The van der Waals surface area contributed by atoms with Crippen molar-refractivity contribution >= 4 is 0 Å². The van der Waals surface area contributed by atoms with Crippen LogP contribution in [-0.2, 0) is 11.2 Å². The summed E-state index contributed by atoms with van der Waals surface area (Å²) in [5, 5.41) is 0. The minimum Gasteiger partial charge on any atom is -0.368 e. The fraction of sp³-hybridized carbons (Fsp3) is 0.714. The zero-order chi connectivity index (χ0) is 13.8. The third-order valence-electron chi connectivity index (χ3n) is 3.60. The van der Waals surface area contributed by atoms with Gasteiger partial charge in [-0.2, -0.15) is 0 Å². The van der Waals surface area contributed by atoms with Crippen molar-refractivity contribution in [1.82, 2.24) is 14.9 Å². The van der Waals surface area contributed by atoms with Crippen molar-refractivity contribution in [1.29, 1.82) is 0 Å². The fourth-order valence-corrected chi connectivity index (χ4v) is 2.48. The van der Waals surface area contributed by atoms with Crippen LogP contribution in [0.25, 0.3) is 0 Å². The normalized spacial score (nSPS) is 20.7. The quantitative estimate of drug-likeness (QED) is 0.894. The van der Waals surface area contributed by atoms with Crippen molar-refractivity contribution in [2.45, 2.75) is 39.7 Å². The number of morpholine rings is 1. The van der Waals surface area contributed by atoms with Crippen molar-refractivity contribution < 1.29 is 4.74 Å². The monoisotopic (exact) mass is 265 g/mol. The predicted octanol–water partition coefficient (Wildman–Crippen LogP) is 1.42. The van der Waals surface area contributed by atoms with Gasteiger partial charge in [0.25, 0.3) is 5.56 Å². The van der Waals surface area contributed by atoms with Crippen LogP contribution in [0.15, 0.2) is 4.79 Å². The molecule has 1 fully saturated rings. The van der Waals surface area contributed by atoms with Crippen LogP contribution in [0, 0.1) is 6.92 Å². The molecule has 106 valence electrons. The first kappa shape index (κ1) is 14.2. The van der Waals surface area contributed by atoms with Crippen LogP contribution in [0.3, 0.4) is 0 Å². The first-order chi connectivity index (χ1) is 9.15. The minimum atomic E-state index is -0.112. The number of H-pyrrole nitrogens is 1. The Morgan fingerprint density at radius 2 is 2.26 bits per heavy atom. The number of aromatic nitrogens is 2. The molecule has 0 saturated carbocycles.